The highest BCUT2D eigenvalue weighted by atomic mass is 32.2. The van der Waals surface area contributed by atoms with Crippen molar-refractivity contribution in [2.24, 2.45) is 0 Å². The third-order valence-corrected chi connectivity index (χ3v) is 12.5. The maximum atomic E-state index is 12.8. The molecule has 1 aliphatic heterocycles. The first-order valence-electron chi connectivity index (χ1n) is 25.4. The van der Waals surface area contributed by atoms with E-state index in [1.807, 2.05) is 0 Å². The summed E-state index contributed by atoms with van der Waals surface area (Å²) in [7, 11) is -4.61. The third-order valence-electron chi connectivity index (χ3n) is 11.8. The van der Waals surface area contributed by atoms with Crippen molar-refractivity contribution in [3.63, 3.8) is 0 Å². The molecule has 1 aliphatic rings. The third kappa shape index (κ3) is 35.1. The fourth-order valence-corrected chi connectivity index (χ4v) is 8.49. The summed E-state index contributed by atoms with van der Waals surface area (Å²) in [5, 5.41) is 30.9. The van der Waals surface area contributed by atoms with Crippen LogP contribution in [0.25, 0.3) is 0 Å². The molecule has 4 N–H and O–H groups in total. The van der Waals surface area contributed by atoms with Crippen LogP contribution in [0.4, 0.5) is 0 Å². The van der Waals surface area contributed by atoms with Crippen molar-refractivity contribution in [1.82, 2.24) is 0 Å². The van der Waals surface area contributed by atoms with Gasteiger partial charge in [0.05, 0.1) is 6.61 Å². The first-order valence-corrected chi connectivity index (χ1v) is 27.0. The first-order chi connectivity index (χ1) is 30.5. The molecule has 1 rings (SSSR count). The molecule has 1 heterocycles. The zero-order valence-electron chi connectivity index (χ0n) is 39.7. The van der Waals surface area contributed by atoms with E-state index in [4.69, 9.17) is 18.9 Å². The molecule has 6 atom stereocenters. The molecule has 0 radical (unpaired) electrons. The van der Waals surface area contributed by atoms with Crippen LogP contribution in [0, 0.1) is 0 Å². The van der Waals surface area contributed by atoms with Crippen LogP contribution in [-0.4, -0.2) is 96.0 Å². The lowest BCUT2D eigenvalue weighted by atomic mass is 10.00. The number of hydrogen-bond donors (Lipinski definition) is 4. The summed E-state index contributed by atoms with van der Waals surface area (Å²) in [5.74, 6) is -2.03. The SMILES string of the molecule is CCCCC/C=C/CCCCCCCC(=O)OC[C@H](CO[C@H]1O[C@H](CS(=O)(=O)O)[C@@H](O)C(O)C1O)OC(=O)CCC/C=C/CCCCCCCCCCCCCCCCCCCC. The van der Waals surface area contributed by atoms with Gasteiger partial charge in [-0.05, 0) is 57.8 Å². The van der Waals surface area contributed by atoms with E-state index in [0.717, 1.165) is 51.4 Å². The second-order valence-corrected chi connectivity index (χ2v) is 19.3. The number of hydrogen-bond acceptors (Lipinski definition) is 11. The summed E-state index contributed by atoms with van der Waals surface area (Å²) in [5.41, 5.74) is 0. The molecule has 1 fully saturated rings. The van der Waals surface area contributed by atoms with Crippen LogP contribution in [0.15, 0.2) is 24.3 Å². The maximum Gasteiger partial charge on any atom is 0.306 e. The number of ether oxygens (including phenoxy) is 4. The maximum absolute atomic E-state index is 12.8. The highest BCUT2D eigenvalue weighted by Gasteiger charge is 2.46. The van der Waals surface area contributed by atoms with Gasteiger partial charge in [-0.25, -0.2) is 0 Å². The number of allylic oxidation sites excluding steroid dienone is 4. The van der Waals surface area contributed by atoms with E-state index in [0.29, 0.717) is 19.3 Å². The number of esters is 2. The van der Waals surface area contributed by atoms with E-state index in [2.05, 4.69) is 38.2 Å². The normalized spacial score (nSPS) is 19.9. The molecule has 0 aliphatic carbocycles. The number of rotatable bonds is 43. The van der Waals surface area contributed by atoms with Gasteiger partial charge < -0.3 is 34.3 Å². The van der Waals surface area contributed by atoms with E-state index in [1.165, 1.54) is 128 Å². The fourth-order valence-electron chi connectivity index (χ4n) is 7.79. The largest absolute Gasteiger partial charge is 0.462 e. The van der Waals surface area contributed by atoms with Gasteiger partial charge in [0.1, 0.15) is 36.8 Å². The van der Waals surface area contributed by atoms with Gasteiger partial charge in [-0.3, -0.25) is 14.1 Å². The van der Waals surface area contributed by atoms with Crippen LogP contribution in [0.5, 0.6) is 0 Å². The second kappa shape index (κ2) is 40.4. The van der Waals surface area contributed by atoms with Crippen molar-refractivity contribution >= 4 is 22.1 Å². The average Bonchev–Trinajstić information content (AvgIpc) is 3.25. The summed E-state index contributed by atoms with van der Waals surface area (Å²) < 4.78 is 54.1. The van der Waals surface area contributed by atoms with E-state index in [1.54, 1.807) is 0 Å². The molecular weight excluding hydrogens is 825 g/mol. The Labute approximate surface area is 383 Å². The van der Waals surface area contributed by atoms with Crippen molar-refractivity contribution in [3.05, 3.63) is 24.3 Å². The lowest BCUT2D eigenvalue weighted by molar-refractivity contribution is -0.297. The van der Waals surface area contributed by atoms with E-state index < -0.39 is 71.2 Å². The minimum absolute atomic E-state index is 0.118. The lowest BCUT2D eigenvalue weighted by Gasteiger charge is -2.40. The predicted octanol–water partition coefficient (Wildman–Crippen LogP) is 11.2. The van der Waals surface area contributed by atoms with E-state index in [9.17, 15) is 37.9 Å². The van der Waals surface area contributed by atoms with Crippen LogP contribution >= 0.6 is 0 Å². The monoisotopic (exact) mass is 917 g/mol. The summed E-state index contributed by atoms with van der Waals surface area (Å²) in [6, 6.07) is 0. The first kappa shape index (κ1) is 59.1. The van der Waals surface area contributed by atoms with Crippen molar-refractivity contribution in [2.45, 2.75) is 263 Å². The summed E-state index contributed by atoms with van der Waals surface area (Å²) in [6.07, 6.45) is 36.7. The molecule has 0 aromatic rings. The minimum Gasteiger partial charge on any atom is -0.462 e. The molecule has 0 bridgehead atoms. The van der Waals surface area contributed by atoms with E-state index in [-0.39, 0.29) is 19.4 Å². The van der Waals surface area contributed by atoms with Crippen molar-refractivity contribution < 1.29 is 56.8 Å². The molecule has 12 nitrogen and oxygen atoms in total. The molecule has 0 aromatic carbocycles. The molecule has 0 amide bonds. The molecular formula is C50H92O12S. The van der Waals surface area contributed by atoms with Crippen LogP contribution in [0.2, 0.25) is 0 Å². The second-order valence-electron chi connectivity index (χ2n) is 17.8. The Morgan fingerprint density at radius 2 is 0.921 bits per heavy atom. The molecule has 370 valence electrons. The number of aliphatic hydroxyl groups excluding tert-OH is 3. The number of carbonyl (C=O) groups is 2. The Bertz CT molecular complexity index is 1260. The molecule has 0 aromatic heterocycles. The van der Waals surface area contributed by atoms with Gasteiger partial charge in [0.2, 0.25) is 0 Å². The van der Waals surface area contributed by atoms with Crippen molar-refractivity contribution in [3.8, 4) is 0 Å². The van der Waals surface area contributed by atoms with Crippen molar-refractivity contribution in [1.29, 1.82) is 0 Å². The van der Waals surface area contributed by atoms with E-state index >= 15 is 0 Å². The zero-order chi connectivity index (χ0) is 46.2. The Morgan fingerprint density at radius 1 is 0.524 bits per heavy atom. The summed E-state index contributed by atoms with van der Waals surface area (Å²) >= 11 is 0. The lowest BCUT2D eigenvalue weighted by Crippen LogP contribution is -2.60. The van der Waals surface area contributed by atoms with Crippen molar-refractivity contribution in [2.75, 3.05) is 19.0 Å². The molecule has 63 heavy (non-hydrogen) atoms. The van der Waals surface area contributed by atoms with Crippen LogP contribution in [0.1, 0.15) is 226 Å². The van der Waals surface area contributed by atoms with Gasteiger partial charge in [-0.1, -0.05) is 179 Å². The van der Waals surface area contributed by atoms with Crippen LogP contribution in [0.3, 0.4) is 0 Å². The summed E-state index contributed by atoms with van der Waals surface area (Å²) in [4.78, 5) is 25.4. The highest BCUT2D eigenvalue weighted by molar-refractivity contribution is 7.85. The Morgan fingerprint density at radius 3 is 1.40 bits per heavy atom. The number of aliphatic hydroxyl groups is 3. The standard InChI is InChI=1S/C50H92O12S/c1-3-5-7-9-11-13-15-17-18-19-20-21-22-23-24-25-26-27-29-31-33-35-37-39-46(52)61-43(41-60-50-49(55)48(54)47(53)44(62-50)42-63(56,57)58)40-59-45(51)38-36-34-32-30-28-16-14-12-10-8-6-4-2/h12,14,31,33,43-44,47-50,53-55H,3-11,13,15-30,32,34-42H2,1-2H3,(H,56,57,58)/b14-12+,33-31+/t43-,44-,47-,48?,49?,50+/m1/s1. The van der Waals surface area contributed by atoms with Crippen LogP contribution < -0.4 is 0 Å². The fraction of sp³-hybridized carbons (Fsp3) is 0.880. The number of carbonyl (C=O) groups excluding carboxylic acids is 2. The smallest absolute Gasteiger partial charge is 0.306 e. The Kier molecular flexibility index (Phi) is 37.9. The van der Waals surface area contributed by atoms with Gasteiger partial charge in [0, 0.05) is 12.8 Å². The van der Waals surface area contributed by atoms with Gasteiger partial charge in [0.15, 0.2) is 12.4 Å². The van der Waals surface area contributed by atoms with Gasteiger partial charge in [-0.15, -0.1) is 0 Å². The average molecular weight is 917 g/mol. The quantitative estimate of drug-likeness (QED) is 0.0197. The molecule has 0 saturated carbocycles. The topological polar surface area (TPSA) is 186 Å². The van der Waals surface area contributed by atoms with Gasteiger partial charge in [-0.2, -0.15) is 8.42 Å². The zero-order valence-corrected chi connectivity index (χ0v) is 40.5. The summed E-state index contributed by atoms with van der Waals surface area (Å²) in [6.45, 7) is 3.73. The van der Waals surface area contributed by atoms with Crippen LogP contribution in [-0.2, 0) is 38.7 Å². The number of unbranched alkanes of at least 4 members (excludes halogenated alkanes) is 27. The van der Waals surface area contributed by atoms with Gasteiger partial charge in [0.25, 0.3) is 10.1 Å². The molecule has 0 spiro atoms. The Balaban J connectivity index is 2.35. The molecule has 2 unspecified atom stereocenters. The minimum atomic E-state index is -4.61. The molecule has 13 heteroatoms. The van der Waals surface area contributed by atoms with Gasteiger partial charge >= 0.3 is 11.9 Å². The predicted molar refractivity (Wildman–Crippen MR) is 252 cm³/mol. The molecule has 1 saturated heterocycles. The highest BCUT2D eigenvalue weighted by Crippen LogP contribution is 2.24. The Hall–Kier alpha value is -1.87.